The van der Waals surface area contributed by atoms with Crippen LogP contribution in [0.4, 0.5) is 0 Å². The maximum absolute atomic E-state index is 2.65. The zero-order valence-electron chi connectivity index (χ0n) is 8.29. The van der Waals surface area contributed by atoms with E-state index < -0.39 is 0 Å². The van der Waals surface area contributed by atoms with E-state index in [0.29, 0.717) is 0 Å². The predicted octanol–water partition coefficient (Wildman–Crippen LogP) is 1.03. The molecule has 2 aliphatic rings. The Morgan fingerprint density at radius 3 is 2.50 bits per heavy atom. The Labute approximate surface area is 75.5 Å². The summed E-state index contributed by atoms with van der Waals surface area (Å²) in [6.45, 7) is 11.2. The van der Waals surface area contributed by atoms with Crippen molar-refractivity contribution < 1.29 is 0 Å². The van der Waals surface area contributed by atoms with Crippen molar-refractivity contribution in [3.05, 3.63) is 0 Å². The fourth-order valence-corrected chi connectivity index (χ4v) is 2.44. The third kappa shape index (κ3) is 1.50. The first kappa shape index (κ1) is 8.52. The van der Waals surface area contributed by atoms with Crippen LogP contribution in [-0.2, 0) is 0 Å². The largest absolute Gasteiger partial charge is 0.302 e. The van der Waals surface area contributed by atoms with Gasteiger partial charge < -0.3 is 4.90 Å². The molecule has 0 saturated carbocycles. The maximum Gasteiger partial charge on any atom is 0.0235 e. The molecule has 0 aromatic heterocycles. The van der Waals surface area contributed by atoms with Crippen molar-refractivity contribution >= 4 is 0 Å². The Bertz CT molecular complexity index is 152. The zero-order valence-corrected chi connectivity index (χ0v) is 8.29. The first-order chi connectivity index (χ1) is 5.79. The van der Waals surface area contributed by atoms with Gasteiger partial charge in [0.2, 0.25) is 0 Å². The summed E-state index contributed by atoms with van der Waals surface area (Å²) in [6, 6.07) is 0.890. The summed E-state index contributed by atoms with van der Waals surface area (Å²) in [5.41, 5.74) is 0. The average Bonchev–Trinajstić information content (AvgIpc) is 2.46. The van der Waals surface area contributed by atoms with Gasteiger partial charge in [0, 0.05) is 25.7 Å². The highest BCUT2D eigenvalue weighted by Crippen LogP contribution is 2.23. The van der Waals surface area contributed by atoms with Crippen LogP contribution in [0.25, 0.3) is 0 Å². The highest BCUT2D eigenvalue weighted by atomic mass is 15.3. The molecule has 2 aliphatic heterocycles. The molecule has 0 amide bonds. The summed E-state index contributed by atoms with van der Waals surface area (Å²) >= 11 is 0. The molecule has 2 nitrogen and oxygen atoms in total. The van der Waals surface area contributed by atoms with E-state index in [0.717, 1.165) is 12.0 Å². The molecule has 70 valence electrons. The Balaban J connectivity index is 1.76. The van der Waals surface area contributed by atoms with Crippen molar-refractivity contribution in [1.29, 1.82) is 0 Å². The second-order valence-electron chi connectivity index (χ2n) is 4.39. The van der Waals surface area contributed by atoms with Gasteiger partial charge in [0.15, 0.2) is 0 Å². The highest BCUT2D eigenvalue weighted by Gasteiger charge is 2.33. The van der Waals surface area contributed by atoms with Gasteiger partial charge in [-0.1, -0.05) is 13.8 Å². The van der Waals surface area contributed by atoms with Crippen molar-refractivity contribution in [2.24, 2.45) is 5.92 Å². The molecule has 1 atom stereocenters. The van der Waals surface area contributed by atoms with Gasteiger partial charge in [0.25, 0.3) is 0 Å². The normalized spacial score (nSPS) is 34.0. The van der Waals surface area contributed by atoms with Crippen LogP contribution in [0.1, 0.15) is 20.3 Å². The van der Waals surface area contributed by atoms with Crippen molar-refractivity contribution in [1.82, 2.24) is 9.80 Å². The Kier molecular flexibility index (Phi) is 2.37. The number of hydrogen-bond acceptors (Lipinski definition) is 2. The number of nitrogens with zero attached hydrogens (tertiary/aromatic N) is 2. The van der Waals surface area contributed by atoms with E-state index in [-0.39, 0.29) is 0 Å². The van der Waals surface area contributed by atoms with Gasteiger partial charge in [-0.15, -0.1) is 0 Å². The summed E-state index contributed by atoms with van der Waals surface area (Å²) in [4.78, 5) is 5.22. The molecule has 2 saturated heterocycles. The lowest BCUT2D eigenvalue weighted by molar-refractivity contribution is 0.0659. The van der Waals surface area contributed by atoms with Crippen molar-refractivity contribution in [2.75, 3.05) is 32.7 Å². The molecule has 0 radical (unpaired) electrons. The third-order valence-electron chi connectivity index (χ3n) is 3.30. The fraction of sp³-hybridized carbons (Fsp3) is 1.00. The van der Waals surface area contributed by atoms with Crippen molar-refractivity contribution in [3.63, 3.8) is 0 Å². The van der Waals surface area contributed by atoms with Crippen molar-refractivity contribution in [3.8, 4) is 0 Å². The average molecular weight is 168 g/mol. The molecule has 0 aliphatic carbocycles. The second-order valence-corrected chi connectivity index (χ2v) is 4.39. The Morgan fingerprint density at radius 2 is 2.00 bits per heavy atom. The highest BCUT2D eigenvalue weighted by molar-refractivity contribution is 4.88. The minimum atomic E-state index is 0.890. The summed E-state index contributed by atoms with van der Waals surface area (Å²) in [6.07, 6.45) is 1.40. The molecule has 0 spiro atoms. The van der Waals surface area contributed by atoms with Crippen LogP contribution in [0.2, 0.25) is 0 Å². The summed E-state index contributed by atoms with van der Waals surface area (Å²) in [5.74, 6) is 0.959. The first-order valence-corrected chi connectivity index (χ1v) is 5.26. The number of rotatable bonds is 2. The van der Waals surface area contributed by atoms with E-state index in [1.54, 1.807) is 0 Å². The lowest BCUT2D eigenvalue weighted by Crippen LogP contribution is -2.51. The van der Waals surface area contributed by atoms with E-state index >= 15 is 0 Å². The van der Waals surface area contributed by atoms with E-state index in [1.165, 1.54) is 39.1 Å². The lowest BCUT2D eigenvalue weighted by atomic mass is 9.99. The lowest BCUT2D eigenvalue weighted by Gasteiger charge is -2.41. The molecule has 12 heavy (non-hydrogen) atoms. The zero-order chi connectivity index (χ0) is 8.55. The topological polar surface area (TPSA) is 6.48 Å². The van der Waals surface area contributed by atoms with E-state index in [4.69, 9.17) is 0 Å². The molecule has 0 bridgehead atoms. The summed E-state index contributed by atoms with van der Waals surface area (Å²) in [5, 5.41) is 0. The summed E-state index contributed by atoms with van der Waals surface area (Å²) in [7, 11) is 0. The van der Waals surface area contributed by atoms with Crippen LogP contribution in [-0.4, -0.2) is 48.6 Å². The smallest absolute Gasteiger partial charge is 0.0235 e. The number of likely N-dealkylation sites (tertiary alicyclic amines) is 2. The van der Waals surface area contributed by atoms with E-state index in [1.807, 2.05) is 0 Å². The van der Waals surface area contributed by atoms with Crippen LogP contribution in [0.3, 0.4) is 0 Å². The second kappa shape index (κ2) is 3.35. The van der Waals surface area contributed by atoms with Gasteiger partial charge in [-0.25, -0.2) is 0 Å². The van der Waals surface area contributed by atoms with Crippen LogP contribution in [0.5, 0.6) is 0 Å². The van der Waals surface area contributed by atoms with Crippen LogP contribution in [0.15, 0.2) is 0 Å². The van der Waals surface area contributed by atoms with Gasteiger partial charge in [0.1, 0.15) is 0 Å². The molecule has 2 heteroatoms. The van der Waals surface area contributed by atoms with Gasteiger partial charge in [-0.2, -0.15) is 0 Å². The minimum Gasteiger partial charge on any atom is -0.302 e. The third-order valence-corrected chi connectivity index (χ3v) is 3.30. The first-order valence-electron chi connectivity index (χ1n) is 5.26. The van der Waals surface area contributed by atoms with Crippen LogP contribution >= 0.6 is 0 Å². The molecule has 2 heterocycles. The molecule has 0 aromatic rings. The molecule has 0 N–H and O–H groups in total. The monoisotopic (exact) mass is 168 g/mol. The quantitative estimate of drug-likeness (QED) is 0.607. The Morgan fingerprint density at radius 1 is 1.25 bits per heavy atom. The molecular formula is C10H20N2. The molecular weight excluding hydrogens is 148 g/mol. The van der Waals surface area contributed by atoms with Gasteiger partial charge in [0.05, 0.1) is 0 Å². The van der Waals surface area contributed by atoms with Crippen LogP contribution < -0.4 is 0 Å². The van der Waals surface area contributed by atoms with Gasteiger partial charge >= 0.3 is 0 Å². The SMILES string of the molecule is CCN1CCC(N2CC(C)C2)C1. The molecule has 1 unspecified atom stereocenters. The van der Waals surface area contributed by atoms with Crippen molar-refractivity contribution in [2.45, 2.75) is 26.3 Å². The molecule has 2 fully saturated rings. The number of hydrogen-bond donors (Lipinski definition) is 0. The Hall–Kier alpha value is -0.0800. The predicted molar refractivity (Wildman–Crippen MR) is 51.3 cm³/mol. The van der Waals surface area contributed by atoms with Gasteiger partial charge in [-0.3, -0.25) is 4.90 Å². The summed E-state index contributed by atoms with van der Waals surface area (Å²) < 4.78 is 0. The molecule has 0 aromatic carbocycles. The molecule has 2 rings (SSSR count). The minimum absolute atomic E-state index is 0.890. The van der Waals surface area contributed by atoms with Crippen LogP contribution in [0, 0.1) is 5.92 Å². The van der Waals surface area contributed by atoms with E-state index in [2.05, 4.69) is 23.6 Å². The standard InChI is InChI=1S/C10H20N2/c1-3-11-5-4-10(8-11)12-6-9(2)7-12/h9-10H,3-8H2,1-2H3. The van der Waals surface area contributed by atoms with Gasteiger partial charge in [-0.05, 0) is 25.4 Å². The maximum atomic E-state index is 2.65. The number of likely N-dealkylation sites (N-methyl/N-ethyl adjacent to an activating group) is 1. The van der Waals surface area contributed by atoms with E-state index in [9.17, 15) is 0 Å². The fourth-order valence-electron chi connectivity index (χ4n) is 2.44.